The van der Waals surface area contributed by atoms with E-state index < -0.39 is 5.63 Å². The highest BCUT2D eigenvalue weighted by Gasteiger charge is 2.09. The third kappa shape index (κ3) is 3.43. The first-order valence-corrected chi connectivity index (χ1v) is 9.32. The molecule has 4 rings (SSSR count). The lowest BCUT2D eigenvalue weighted by atomic mass is 10.1. The van der Waals surface area contributed by atoms with Crippen LogP contribution in [-0.4, -0.2) is 0 Å². The maximum absolute atomic E-state index is 11.9. The van der Waals surface area contributed by atoms with Gasteiger partial charge in [-0.1, -0.05) is 26.0 Å². The number of aryl methyl sites for hydroxylation is 2. The Balaban J connectivity index is 1.68. The van der Waals surface area contributed by atoms with E-state index in [1.54, 1.807) is 6.07 Å². The van der Waals surface area contributed by atoms with Crippen LogP contribution < -0.4 is 16.0 Å². The zero-order valence-corrected chi connectivity index (χ0v) is 15.8. The second-order valence-corrected chi connectivity index (χ2v) is 6.67. The molecular weight excluding hydrogens is 356 g/mol. The normalized spacial score (nSPS) is 11.2. The Morgan fingerprint density at radius 1 is 0.750 bits per heavy atom. The maximum Gasteiger partial charge on any atom is 0.336 e. The van der Waals surface area contributed by atoms with Gasteiger partial charge in [0.2, 0.25) is 0 Å². The molecule has 0 amide bonds. The summed E-state index contributed by atoms with van der Waals surface area (Å²) < 4.78 is 16.5. The molecule has 0 fully saturated rings. The minimum atomic E-state index is -0.406. The molecule has 142 valence electrons. The highest BCUT2D eigenvalue weighted by Crippen LogP contribution is 2.25. The highest BCUT2D eigenvalue weighted by molar-refractivity contribution is 5.82. The standard InChI is InChI=1S/C23H20O5/c1-3-14-5-7-19-16(11-23(25)27-20(19)9-14)13-26-17-6-8-18-15(4-2)10-22(24)28-21(18)12-17/h5-12H,3-4,13H2,1-2H3. The van der Waals surface area contributed by atoms with Crippen LogP contribution in [0.25, 0.3) is 21.9 Å². The third-order valence-corrected chi connectivity index (χ3v) is 4.88. The van der Waals surface area contributed by atoms with E-state index in [4.69, 9.17) is 13.6 Å². The Hall–Kier alpha value is -3.34. The van der Waals surface area contributed by atoms with Gasteiger partial charge in [-0.25, -0.2) is 9.59 Å². The molecule has 2 aromatic heterocycles. The quantitative estimate of drug-likeness (QED) is 0.476. The van der Waals surface area contributed by atoms with Crippen molar-refractivity contribution in [3.8, 4) is 5.75 Å². The molecule has 0 radical (unpaired) electrons. The molecule has 0 saturated carbocycles. The first-order chi connectivity index (χ1) is 13.6. The molecule has 0 bridgehead atoms. The first kappa shape index (κ1) is 18.0. The molecule has 2 aromatic carbocycles. The lowest BCUT2D eigenvalue weighted by Crippen LogP contribution is -2.04. The van der Waals surface area contributed by atoms with Crippen molar-refractivity contribution in [1.82, 2.24) is 0 Å². The molecule has 0 spiro atoms. The first-order valence-electron chi connectivity index (χ1n) is 9.32. The van der Waals surface area contributed by atoms with Gasteiger partial charge >= 0.3 is 11.3 Å². The molecule has 2 heterocycles. The predicted molar refractivity (Wildman–Crippen MR) is 108 cm³/mol. The molecule has 0 aliphatic carbocycles. The lowest BCUT2D eigenvalue weighted by Gasteiger charge is -2.10. The van der Waals surface area contributed by atoms with Crippen molar-refractivity contribution in [1.29, 1.82) is 0 Å². The largest absolute Gasteiger partial charge is 0.489 e. The average Bonchev–Trinajstić information content (AvgIpc) is 2.70. The van der Waals surface area contributed by atoms with E-state index in [2.05, 4.69) is 0 Å². The molecule has 0 N–H and O–H groups in total. The van der Waals surface area contributed by atoms with E-state index >= 15 is 0 Å². The fraction of sp³-hybridized carbons (Fsp3) is 0.217. The van der Waals surface area contributed by atoms with Gasteiger partial charge in [-0.15, -0.1) is 0 Å². The number of fused-ring (bicyclic) bond motifs is 2. The maximum atomic E-state index is 11.9. The molecule has 0 aliphatic heterocycles. The van der Waals surface area contributed by atoms with E-state index in [9.17, 15) is 9.59 Å². The van der Waals surface area contributed by atoms with Gasteiger partial charge in [0, 0.05) is 34.5 Å². The van der Waals surface area contributed by atoms with Gasteiger partial charge in [0.05, 0.1) is 0 Å². The summed E-state index contributed by atoms with van der Waals surface area (Å²) >= 11 is 0. The van der Waals surface area contributed by atoms with Gasteiger partial charge in [-0.05, 0) is 42.2 Å². The van der Waals surface area contributed by atoms with Gasteiger partial charge in [-0.2, -0.15) is 0 Å². The Kier molecular flexibility index (Phi) is 4.74. The van der Waals surface area contributed by atoms with Crippen LogP contribution in [-0.2, 0) is 19.4 Å². The van der Waals surface area contributed by atoms with Crippen molar-refractivity contribution in [3.05, 3.63) is 86.1 Å². The Bertz CT molecular complexity index is 1280. The summed E-state index contributed by atoms with van der Waals surface area (Å²) in [6.07, 6.45) is 1.61. The van der Waals surface area contributed by atoms with Crippen LogP contribution in [0.1, 0.15) is 30.5 Å². The number of hydrogen-bond donors (Lipinski definition) is 0. The van der Waals surface area contributed by atoms with Gasteiger partial charge in [-0.3, -0.25) is 0 Å². The molecular formula is C23H20O5. The molecule has 0 unspecified atom stereocenters. The topological polar surface area (TPSA) is 69.7 Å². The summed E-state index contributed by atoms with van der Waals surface area (Å²) in [6, 6.07) is 14.2. The summed E-state index contributed by atoms with van der Waals surface area (Å²) in [5.41, 5.74) is 3.06. The minimum Gasteiger partial charge on any atom is -0.489 e. The summed E-state index contributed by atoms with van der Waals surface area (Å²) in [4.78, 5) is 23.7. The Labute approximate surface area is 161 Å². The van der Waals surface area contributed by atoms with E-state index in [0.29, 0.717) is 16.9 Å². The van der Waals surface area contributed by atoms with E-state index in [-0.39, 0.29) is 12.2 Å². The van der Waals surface area contributed by atoms with E-state index in [1.807, 2.05) is 44.2 Å². The second-order valence-electron chi connectivity index (χ2n) is 6.67. The van der Waals surface area contributed by atoms with Crippen LogP contribution in [0.2, 0.25) is 0 Å². The molecule has 0 saturated heterocycles. The summed E-state index contributed by atoms with van der Waals surface area (Å²) in [7, 11) is 0. The van der Waals surface area contributed by atoms with Gasteiger partial charge in [0.1, 0.15) is 23.5 Å². The SMILES string of the molecule is CCc1ccc2c(COc3ccc4c(CC)cc(=O)oc4c3)cc(=O)oc2c1. The zero-order chi connectivity index (χ0) is 19.7. The minimum absolute atomic E-state index is 0.205. The number of benzene rings is 2. The predicted octanol–water partition coefficient (Wildman–Crippen LogP) is 4.60. The van der Waals surface area contributed by atoms with Crippen molar-refractivity contribution in [2.75, 3.05) is 0 Å². The number of ether oxygens (including phenoxy) is 1. The molecule has 0 atom stereocenters. The van der Waals surface area contributed by atoms with Crippen LogP contribution in [0.15, 0.2) is 67.0 Å². The van der Waals surface area contributed by atoms with Crippen molar-refractivity contribution in [2.24, 2.45) is 0 Å². The highest BCUT2D eigenvalue weighted by atomic mass is 16.5. The average molecular weight is 376 g/mol. The molecule has 4 aromatic rings. The fourth-order valence-electron chi connectivity index (χ4n) is 3.37. The van der Waals surface area contributed by atoms with Crippen molar-refractivity contribution < 1.29 is 13.6 Å². The van der Waals surface area contributed by atoms with Crippen LogP contribution in [0.5, 0.6) is 5.75 Å². The smallest absolute Gasteiger partial charge is 0.336 e. The Morgan fingerprint density at radius 2 is 1.39 bits per heavy atom. The Morgan fingerprint density at radius 3 is 2.11 bits per heavy atom. The van der Waals surface area contributed by atoms with Crippen molar-refractivity contribution >= 4 is 21.9 Å². The second kappa shape index (κ2) is 7.35. The van der Waals surface area contributed by atoms with Crippen LogP contribution in [0.4, 0.5) is 0 Å². The zero-order valence-electron chi connectivity index (χ0n) is 15.8. The summed E-state index contributed by atoms with van der Waals surface area (Å²) in [5.74, 6) is 0.565. The van der Waals surface area contributed by atoms with Crippen LogP contribution in [0, 0.1) is 0 Å². The van der Waals surface area contributed by atoms with E-state index in [0.717, 1.165) is 40.3 Å². The monoisotopic (exact) mass is 376 g/mol. The lowest BCUT2D eigenvalue weighted by molar-refractivity contribution is 0.306. The van der Waals surface area contributed by atoms with Crippen molar-refractivity contribution in [3.63, 3.8) is 0 Å². The van der Waals surface area contributed by atoms with Crippen LogP contribution >= 0.6 is 0 Å². The number of rotatable bonds is 5. The molecule has 0 aliphatic rings. The molecule has 5 nitrogen and oxygen atoms in total. The molecule has 5 heteroatoms. The fourth-order valence-corrected chi connectivity index (χ4v) is 3.37. The summed E-state index contributed by atoms with van der Waals surface area (Å²) in [5, 5.41) is 1.74. The van der Waals surface area contributed by atoms with Gasteiger partial charge in [0.15, 0.2) is 0 Å². The van der Waals surface area contributed by atoms with Gasteiger partial charge in [0.25, 0.3) is 0 Å². The summed E-state index contributed by atoms with van der Waals surface area (Å²) in [6.45, 7) is 4.25. The van der Waals surface area contributed by atoms with Crippen LogP contribution in [0.3, 0.4) is 0 Å². The van der Waals surface area contributed by atoms with Gasteiger partial charge < -0.3 is 13.6 Å². The molecule has 28 heavy (non-hydrogen) atoms. The number of hydrogen-bond acceptors (Lipinski definition) is 5. The third-order valence-electron chi connectivity index (χ3n) is 4.88. The van der Waals surface area contributed by atoms with Crippen molar-refractivity contribution in [2.45, 2.75) is 33.3 Å². The van der Waals surface area contributed by atoms with E-state index in [1.165, 1.54) is 12.1 Å².